The molecule has 3 N–H and O–H groups in total. The van der Waals surface area contributed by atoms with E-state index < -0.39 is 0 Å². The van der Waals surface area contributed by atoms with Crippen LogP contribution in [-0.2, 0) is 13.0 Å². The molecule has 1 aromatic carbocycles. The molecule has 0 atom stereocenters. The van der Waals surface area contributed by atoms with Gasteiger partial charge in [0.15, 0.2) is 0 Å². The molecule has 15 heavy (non-hydrogen) atoms. The standard InChI is InChI=1S/C11H12N2OS/c12-6-10-7-13-11(15-10)5-8-2-1-3-9(14)4-8/h1-4,7,14H,5-6,12H2. The number of aromatic nitrogens is 1. The fourth-order valence-electron chi connectivity index (χ4n) is 1.37. The highest BCUT2D eigenvalue weighted by Gasteiger charge is 2.02. The Hall–Kier alpha value is -1.39. The van der Waals surface area contributed by atoms with Crippen LogP contribution in [0.25, 0.3) is 0 Å². The van der Waals surface area contributed by atoms with Crippen molar-refractivity contribution >= 4 is 11.3 Å². The van der Waals surface area contributed by atoms with Gasteiger partial charge in [-0.05, 0) is 17.7 Å². The van der Waals surface area contributed by atoms with Gasteiger partial charge < -0.3 is 10.8 Å². The summed E-state index contributed by atoms with van der Waals surface area (Å²) < 4.78 is 0. The Morgan fingerprint density at radius 3 is 2.93 bits per heavy atom. The smallest absolute Gasteiger partial charge is 0.115 e. The van der Waals surface area contributed by atoms with Crippen LogP contribution in [0.4, 0.5) is 0 Å². The number of nitrogens with two attached hydrogens (primary N) is 1. The molecule has 0 saturated carbocycles. The fourth-order valence-corrected chi connectivity index (χ4v) is 2.20. The van der Waals surface area contributed by atoms with Gasteiger partial charge in [-0.3, -0.25) is 0 Å². The van der Waals surface area contributed by atoms with Crippen molar-refractivity contribution in [2.45, 2.75) is 13.0 Å². The van der Waals surface area contributed by atoms with Crippen molar-refractivity contribution in [1.29, 1.82) is 0 Å². The van der Waals surface area contributed by atoms with E-state index in [1.165, 1.54) is 0 Å². The summed E-state index contributed by atoms with van der Waals surface area (Å²) in [7, 11) is 0. The summed E-state index contributed by atoms with van der Waals surface area (Å²) in [6, 6.07) is 7.23. The third-order valence-electron chi connectivity index (χ3n) is 2.07. The average Bonchev–Trinajstić information content (AvgIpc) is 2.65. The molecule has 0 saturated heterocycles. The largest absolute Gasteiger partial charge is 0.508 e. The Labute approximate surface area is 92.2 Å². The van der Waals surface area contributed by atoms with Crippen molar-refractivity contribution in [3.8, 4) is 5.75 Å². The number of hydrogen-bond donors (Lipinski definition) is 2. The number of rotatable bonds is 3. The first-order chi connectivity index (χ1) is 7.28. The highest BCUT2D eigenvalue weighted by molar-refractivity contribution is 7.11. The first-order valence-electron chi connectivity index (χ1n) is 4.69. The lowest BCUT2D eigenvalue weighted by molar-refractivity contribution is 0.474. The fraction of sp³-hybridized carbons (Fsp3) is 0.182. The molecule has 0 aliphatic heterocycles. The van der Waals surface area contributed by atoms with Gasteiger partial charge in [0.1, 0.15) is 5.75 Å². The predicted octanol–water partition coefficient (Wildman–Crippen LogP) is 1.90. The number of thiazole rings is 1. The van der Waals surface area contributed by atoms with Crippen molar-refractivity contribution < 1.29 is 5.11 Å². The monoisotopic (exact) mass is 220 g/mol. The van der Waals surface area contributed by atoms with Crippen LogP contribution in [0.5, 0.6) is 5.75 Å². The molecule has 78 valence electrons. The number of aromatic hydroxyl groups is 1. The maximum Gasteiger partial charge on any atom is 0.115 e. The van der Waals surface area contributed by atoms with Gasteiger partial charge in [-0.1, -0.05) is 12.1 Å². The topological polar surface area (TPSA) is 59.1 Å². The summed E-state index contributed by atoms with van der Waals surface area (Å²) in [6.07, 6.45) is 2.56. The summed E-state index contributed by atoms with van der Waals surface area (Å²) in [4.78, 5) is 5.36. The second-order valence-corrected chi connectivity index (χ2v) is 4.47. The van der Waals surface area contributed by atoms with E-state index in [2.05, 4.69) is 4.98 Å². The van der Waals surface area contributed by atoms with Crippen LogP contribution < -0.4 is 5.73 Å². The van der Waals surface area contributed by atoms with Crippen LogP contribution in [0.2, 0.25) is 0 Å². The molecule has 3 nitrogen and oxygen atoms in total. The number of phenolic OH excluding ortho intramolecular Hbond substituents is 1. The Morgan fingerprint density at radius 1 is 1.40 bits per heavy atom. The third kappa shape index (κ3) is 2.55. The minimum atomic E-state index is 0.295. The van der Waals surface area contributed by atoms with Crippen molar-refractivity contribution in [2.75, 3.05) is 0 Å². The van der Waals surface area contributed by atoms with Crippen molar-refractivity contribution in [1.82, 2.24) is 4.98 Å². The molecule has 1 aromatic heterocycles. The van der Waals surface area contributed by atoms with E-state index in [1.54, 1.807) is 23.5 Å². The lowest BCUT2D eigenvalue weighted by Crippen LogP contribution is -1.91. The second kappa shape index (κ2) is 4.42. The van der Waals surface area contributed by atoms with Crippen LogP contribution in [0, 0.1) is 0 Å². The van der Waals surface area contributed by atoms with Gasteiger partial charge in [0.25, 0.3) is 0 Å². The molecule has 0 spiro atoms. The summed E-state index contributed by atoms with van der Waals surface area (Å²) >= 11 is 1.62. The number of phenols is 1. The SMILES string of the molecule is NCc1cnc(Cc2cccc(O)c2)s1. The number of benzene rings is 1. The predicted molar refractivity (Wildman–Crippen MR) is 60.9 cm³/mol. The first-order valence-corrected chi connectivity index (χ1v) is 5.51. The quantitative estimate of drug-likeness (QED) is 0.830. The van der Waals surface area contributed by atoms with Crippen molar-refractivity contribution in [3.05, 3.63) is 45.9 Å². The Kier molecular flexibility index (Phi) is 2.99. The molecule has 0 bridgehead atoms. The van der Waals surface area contributed by atoms with Crippen molar-refractivity contribution in [3.63, 3.8) is 0 Å². The Balaban J connectivity index is 2.14. The molecule has 0 amide bonds. The molecule has 0 aliphatic rings. The molecule has 0 fully saturated rings. The third-order valence-corrected chi connectivity index (χ3v) is 3.09. The molecule has 2 aromatic rings. The van der Waals surface area contributed by atoms with E-state index in [0.29, 0.717) is 12.3 Å². The van der Waals surface area contributed by atoms with Gasteiger partial charge in [-0.25, -0.2) is 4.98 Å². The van der Waals surface area contributed by atoms with E-state index >= 15 is 0 Å². The summed E-state index contributed by atoms with van der Waals surface area (Å²) in [5.41, 5.74) is 6.57. The highest BCUT2D eigenvalue weighted by atomic mass is 32.1. The maximum absolute atomic E-state index is 9.31. The second-order valence-electron chi connectivity index (χ2n) is 3.27. The van der Waals surface area contributed by atoms with Crippen molar-refractivity contribution in [2.24, 2.45) is 5.73 Å². The first kappa shape index (κ1) is 10.1. The Morgan fingerprint density at radius 2 is 2.27 bits per heavy atom. The molecular formula is C11H12N2OS. The molecule has 2 rings (SSSR count). The number of hydrogen-bond acceptors (Lipinski definition) is 4. The molecule has 0 radical (unpaired) electrons. The van der Waals surface area contributed by atoms with Gasteiger partial charge in [-0.2, -0.15) is 0 Å². The summed E-state index contributed by atoms with van der Waals surface area (Å²) in [5, 5.41) is 10.3. The average molecular weight is 220 g/mol. The number of nitrogens with zero attached hydrogens (tertiary/aromatic N) is 1. The molecule has 0 aliphatic carbocycles. The molecule has 0 unspecified atom stereocenters. The zero-order valence-corrected chi connectivity index (χ0v) is 9.00. The van der Waals surface area contributed by atoms with E-state index in [9.17, 15) is 5.11 Å². The van der Waals surface area contributed by atoms with Gasteiger partial charge in [-0.15, -0.1) is 11.3 Å². The van der Waals surface area contributed by atoms with E-state index in [4.69, 9.17) is 5.73 Å². The lowest BCUT2D eigenvalue weighted by atomic mass is 10.1. The highest BCUT2D eigenvalue weighted by Crippen LogP contribution is 2.18. The van der Waals surface area contributed by atoms with Crippen LogP contribution in [-0.4, -0.2) is 10.1 Å². The van der Waals surface area contributed by atoms with E-state index in [-0.39, 0.29) is 0 Å². The summed E-state index contributed by atoms with van der Waals surface area (Å²) in [5.74, 6) is 0.295. The van der Waals surface area contributed by atoms with Crippen LogP contribution >= 0.6 is 11.3 Å². The minimum absolute atomic E-state index is 0.295. The minimum Gasteiger partial charge on any atom is -0.508 e. The van der Waals surface area contributed by atoms with Gasteiger partial charge >= 0.3 is 0 Å². The van der Waals surface area contributed by atoms with E-state index in [0.717, 1.165) is 21.9 Å². The molecular weight excluding hydrogens is 208 g/mol. The maximum atomic E-state index is 9.31. The zero-order chi connectivity index (χ0) is 10.7. The van der Waals surface area contributed by atoms with Gasteiger partial charge in [0.05, 0.1) is 5.01 Å². The van der Waals surface area contributed by atoms with E-state index in [1.807, 2.05) is 18.3 Å². The molecule has 1 heterocycles. The van der Waals surface area contributed by atoms with Crippen LogP contribution in [0.3, 0.4) is 0 Å². The lowest BCUT2D eigenvalue weighted by Gasteiger charge is -1.98. The Bertz CT molecular complexity index is 453. The van der Waals surface area contributed by atoms with Gasteiger partial charge in [0.2, 0.25) is 0 Å². The zero-order valence-electron chi connectivity index (χ0n) is 8.18. The van der Waals surface area contributed by atoms with Crippen LogP contribution in [0.1, 0.15) is 15.4 Å². The summed E-state index contributed by atoms with van der Waals surface area (Å²) in [6.45, 7) is 0.539. The normalized spacial score (nSPS) is 10.5. The molecule has 4 heteroatoms. The van der Waals surface area contributed by atoms with Gasteiger partial charge in [0, 0.05) is 24.0 Å². The van der Waals surface area contributed by atoms with Crippen LogP contribution in [0.15, 0.2) is 30.5 Å².